The number of halogens is 1. The fraction of sp³-hybridized carbons (Fsp3) is 0.353. The summed E-state index contributed by atoms with van der Waals surface area (Å²) < 4.78 is 19.7. The van der Waals surface area contributed by atoms with Crippen molar-refractivity contribution >= 4 is 0 Å². The Morgan fingerprint density at radius 3 is 2.95 bits per heavy atom. The van der Waals surface area contributed by atoms with Gasteiger partial charge in [-0.3, -0.25) is 5.32 Å². The molecule has 0 unspecified atom stereocenters. The summed E-state index contributed by atoms with van der Waals surface area (Å²) in [6.45, 7) is 0.00190. The second kappa shape index (κ2) is 4.76. The van der Waals surface area contributed by atoms with Gasteiger partial charge in [-0.25, -0.2) is 9.37 Å². The van der Waals surface area contributed by atoms with Crippen LogP contribution in [0.15, 0.2) is 36.5 Å². The fourth-order valence-electron chi connectivity index (χ4n) is 3.88. The average molecular weight is 300 g/mol. The number of aromatic nitrogens is 1. The molecule has 0 radical (unpaired) electrons. The van der Waals surface area contributed by atoms with Crippen molar-refractivity contribution in [3.63, 3.8) is 0 Å². The molecule has 2 heterocycles. The highest BCUT2D eigenvalue weighted by Crippen LogP contribution is 2.60. The van der Waals surface area contributed by atoms with E-state index < -0.39 is 5.54 Å². The van der Waals surface area contributed by atoms with E-state index in [4.69, 9.17) is 4.74 Å². The van der Waals surface area contributed by atoms with Crippen molar-refractivity contribution in [3.05, 3.63) is 59.0 Å². The summed E-state index contributed by atoms with van der Waals surface area (Å²) in [5, 5.41) is 13.3. The molecule has 1 aliphatic carbocycles. The van der Waals surface area contributed by atoms with Gasteiger partial charge in [-0.2, -0.15) is 0 Å². The van der Waals surface area contributed by atoms with Gasteiger partial charge in [-0.15, -0.1) is 0 Å². The van der Waals surface area contributed by atoms with Gasteiger partial charge in [0.05, 0.1) is 18.7 Å². The monoisotopic (exact) mass is 300 g/mol. The number of nitrogens with zero attached hydrogens (tertiary/aromatic N) is 1. The van der Waals surface area contributed by atoms with Crippen LogP contribution in [-0.4, -0.2) is 23.8 Å². The molecule has 2 aliphatic rings. The lowest BCUT2D eigenvalue weighted by Crippen LogP contribution is -2.34. The van der Waals surface area contributed by atoms with Crippen molar-refractivity contribution in [1.82, 2.24) is 10.3 Å². The molecular formula is C17H17FN2O2. The van der Waals surface area contributed by atoms with Crippen molar-refractivity contribution < 1.29 is 14.2 Å². The SMILES string of the molecule is COc1nccc2c1[C@@H]1N[C@]1(c1ccccc1F)[C@H](CO)C2. The normalized spacial score (nSPS) is 28.7. The van der Waals surface area contributed by atoms with Crippen molar-refractivity contribution in [2.24, 2.45) is 5.92 Å². The Kier molecular flexibility index (Phi) is 2.96. The first-order valence-corrected chi connectivity index (χ1v) is 7.37. The number of methoxy groups -OCH3 is 1. The molecule has 1 saturated heterocycles. The molecule has 4 rings (SSSR count). The summed E-state index contributed by atoms with van der Waals surface area (Å²) in [6, 6.07) is 8.64. The van der Waals surface area contributed by atoms with E-state index in [0.29, 0.717) is 17.9 Å². The van der Waals surface area contributed by atoms with E-state index in [9.17, 15) is 9.50 Å². The van der Waals surface area contributed by atoms with E-state index >= 15 is 0 Å². The van der Waals surface area contributed by atoms with E-state index in [1.807, 2.05) is 12.1 Å². The summed E-state index contributed by atoms with van der Waals surface area (Å²) in [7, 11) is 1.59. The van der Waals surface area contributed by atoms with Crippen molar-refractivity contribution in [2.45, 2.75) is 18.0 Å². The molecule has 22 heavy (non-hydrogen) atoms. The van der Waals surface area contributed by atoms with E-state index in [0.717, 1.165) is 11.1 Å². The fourth-order valence-corrected chi connectivity index (χ4v) is 3.88. The topological polar surface area (TPSA) is 64.3 Å². The van der Waals surface area contributed by atoms with Gasteiger partial charge in [-0.05, 0) is 24.1 Å². The highest BCUT2D eigenvalue weighted by Gasteiger charge is 2.64. The summed E-state index contributed by atoms with van der Waals surface area (Å²) in [5.74, 6) is 0.251. The average Bonchev–Trinajstić information content (AvgIpc) is 3.30. The Balaban J connectivity index is 1.88. The van der Waals surface area contributed by atoms with Crippen LogP contribution >= 0.6 is 0 Å². The third-order valence-corrected chi connectivity index (χ3v) is 4.93. The van der Waals surface area contributed by atoms with Crippen LogP contribution in [0.3, 0.4) is 0 Å². The maximum Gasteiger partial charge on any atom is 0.218 e. The molecule has 1 aromatic carbocycles. The third kappa shape index (κ3) is 1.66. The number of aliphatic hydroxyl groups excluding tert-OH is 1. The first-order chi connectivity index (χ1) is 10.7. The second-order valence-electron chi connectivity index (χ2n) is 5.90. The van der Waals surface area contributed by atoms with Crippen LogP contribution in [0.2, 0.25) is 0 Å². The lowest BCUT2D eigenvalue weighted by Gasteiger charge is -2.31. The number of nitrogens with one attached hydrogen (secondary N) is 1. The van der Waals surface area contributed by atoms with Crippen LogP contribution in [0.25, 0.3) is 0 Å². The number of hydrogen-bond acceptors (Lipinski definition) is 4. The zero-order valence-corrected chi connectivity index (χ0v) is 12.2. The number of pyridine rings is 1. The standard InChI is InChI=1S/C17H17FN2O2/c1-22-16-14-10(6-7-19-16)8-11(9-21)17(15(14)20-17)12-4-2-3-5-13(12)18/h2-7,11,15,20-21H,8-9H2,1H3/t11-,15-,17-/m0/s1. The smallest absolute Gasteiger partial charge is 0.218 e. The molecule has 0 saturated carbocycles. The predicted octanol–water partition coefficient (Wildman–Crippen LogP) is 1.93. The third-order valence-electron chi connectivity index (χ3n) is 4.93. The van der Waals surface area contributed by atoms with Crippen molar-refractivity contribution in [2.75, 3.05) is 13.7 Å². The number of aliphatic hydroxyl groups is 1. The van der Waals surface area contributed by atoms with Gasteiger partial charge in [0.1, 0.15) is 5.82 Å². The largest absolute Gasteiger partial charge is 0.481 e. The number of benzene rings is 1. The Labute approximate surface area is 128 Å². The minimum Gasteiger partial charge on any atom is -0.481 e. The van der Waals surface area contributed by atoms with Crippen LogP contribution in [-0.2, 0) is 12.0 Å². The summed E-state index contributed by atoms with van der Waals surface area (Å²) in [5.41, 5.74) is 2.13. The van der Waals surface area contributed by atoms with Crippen LogP contribution in [0.4, 0.5) is 4.39 Å². The second-order valence-corrected chi connectivity index (χ2v) is 5.90. The molecule has 3 atom stereocenters. The molecule has 114 valence electrons. The zero-order valence-electron chi connectivity index (χ0n) is 12.2. The molecule has 1 fully saturated rings. The molecule has 4 nitrogen and oxygen atoms in total. The lowest BCUT2D eigenvalue weighted by atomic mass is 9.72. The molecule has 1 aromatic heterocycles. The molecule has 0 spiro atoms. The molecule has 1 aliphatic heterocycles. The molecule has 2 N–H and O–H groups in total. The summed E-state index contributed by atoms with van der Waals surface area (Å²) in [4.78, 5) is 4.27. The summed E-state index contributed by atoms with van der Waals surface area (Å²) in [6.07, 6.45) is 2.38. The van der Waals surface area contributed by atoms with Crippen LogP contribution < -0.4 is 10.1 Å². The number of hydrogen-bond donors (Lipinski definition) is 2. The molecular weight excluding hydrogens is 283 g/mol. The van der Waals surface area contributed by atoms with Crippen molar-refractivity contribution in [3.8, 4) is 5.88 Å². The van der Waals surface area contributed by atoms with Gasteiger partial charge in [-0.1, -0.05) is 18.2 Å². The van der Waals surface area contributed by atoms with Gasteiger partial charge >= 0.3 is 0 Å². The quantitative estimate of drug-likeness (QED) is 0.850. The van der Waals surface area contributed by atoms with Gasteiger partial charge in [0, 0.05) is 29.8 Å². The van der Waals surface area contributed by atoms with E-state index in [1.165, 1.54) is 6.07 Å². The first kappa shape index (κ1) is 13.7. The van der Waals surface area contributed by atoms with Gasteiger partial charge in [0.2, 0.25) is 5.88 Å². The Morgan fingerprint density at radius 1 is 1.41 bits per heavy atom. The van der Waals surface area contributed by atoms with Crippen LogP contribution in [0, 0.1) is 11.7 Å². The van der Waals surface area contributed by atoms with E-state index in [1.54, 1.807) is 25.4 Å². The lowest BCUT2D eigenvalue weighted by molar-refractivity contribution is 0.181. The van der Waals surface area contributed by atoms with E-state index in [2.05, 4.69) is 10.3 Å². The highest BCUT2D eigenvalue weighted by molar-refractivity contribution is 5.52. The van der Waals surface area contributed by atoms with E-state index in [-0.39, 0.29) is 24.4 Å². The first-order valence-electron chi connectivity index (χ1n) is 7.37. The molecule has 0 bridgehead atoms. The molecule has 0 amide bonds. The maximum atomic E-state index is 14.3. The Morgan fingerprint density at radius 2 is 2.23 bits per heavy atom. The number of ether oxygens (including phenoxy) is 1. The number of fused-ring (bicyclic) bond motifs is 3. The minimum absolute atomic E-state index is 0.00190. The summed E-state index contributed by atoms with van der Waals surface area (Å²) >= 11 is 0. The molecule has 2 aromatic rings. The van der Waals surface area contributed by atoms with Gasteiger partial charge in [0.15, 0.2) is 0 Å². The number of rotatable bonds is 3. The van der Waals surface area contributed by atoms with Gasteiger partial charge < -0.3 is 9.84 Å². The Hall–Kier alpha value is -1.98. The Bertz CT molecular complexity index is 736. The highest BCUT2D eigenvalue weighted by atomic mass is 19.1. The van der Waals surface area contributed by atoms with Crippen molar-refractivity contribution in [1.29, 1.82) is 0 Å². The molecule has 5 heteroatoms. The van der Waals surface area contributed by atoms with Gasteiger partial charge in [0.25, 0.3) is 0 Å². The minimum atomic E-state index is -0.566. The van der Waals surface area contributed by atoms with Crippen LogP contribution in [0.5, 0.6) is 5.88 Å². The zero-order chi connectivity index (χ0) is 15.3. The predicted molar refractivity (Wildman–Crippen MR) is 79.0 cm³/mol. The maximum absolute atomic E-state index is 14.3. The van der Waals surface area contributed by atoms with Crippen LogP contribution in [0.1, 0.15) is 22.7 Å².